The summed E-state index contributed by atoms with van der Waals surface area (Å²) < 4.78 is 0.434. The molecule has 1 atom stereocenters. The fourth-order valence-electron chi connectivity index (χ4n) is 1.74. The Bertz CT molecular complexity index is 368. The lowest BCUT2D eigenvalue weighted by molar-refractivity contribution is -0.128. The van der Waals surface area contributed by atoms with Crippen molar-refractivity contribution >= 4 is 28.8 Å². The second-order valence-corrected chi connectivity index (χ2v) is 5.35. The predicted molar refractivity (Wildman–Crippen MR) is 58.7 cm³/mol. The first-order valence-corrected chi connectivity index (χ1v) is 6.14. The number of amides is 1. The minimum Gasteiger partial charge on any atom is -0.336 e. The first kappa shape index (κ1) is 10.8. The number of hydrogen-bond donors (Lipinski definition) is 0. The van der Waals surface area contributed by atoms with E-state index in [0.29, 0.717) is 23.4 Å². The Kier molecular flexibility index (Phi) is 3.21. The Hall–Kier alpha value is -0.680. The average molecular weight is 246 g/mol. The number of likely N-dealkylation sites (tertiary alicyclic amines) is 1. The van der Waals surface area contributed by atoms with Crippen LogP contribution < -0.4 is 0 Å². The van der Waals surface area contributed by atoms with Gasteiger partial charge in [0.15, 0.2) is 0 Å². The van der Waals surface area contributed by atoms with Gasteiger partial charge in [0.2, 0.25) is 10.4 Å². The number of halogens is 1. The number of carbonyl (C=O) groups excluding carboxylic acids is 1. The molecule has 82 valence electrons. The monoisotopic (exact) mass is 245 g/mol. The maximum absolute atomic E-state index is 11.6. The molecule has 0 N–H and O–H groups in total. The Morgan fingerprint density at radius 1 is 1.60 bits per heavy atom. The molecule has 1 unspecified atom stereocenters. The van der Waals surface area contributed by atoms with Gasteiger partial charge in [-0.15, -0.1) is 10.2 Å². The van der Waals surface area contributed by atoms with Crippen molar-refractivity contribution in [2.45, 2.75) is 26.3 Å². The third-order valence-electron chi connectivity index (χ3n) is 2.64. The standard InChI is InChI=1S/C9H12ClN3OS/c1-2-6-3-8(14)13(4-6)5-7-11-12-9(10)15-7/h6H,2-5H2,1H3. The van der Waals surface area contributed by atoms with Crippen LogP contribution in [-0.2, 0) is 11.3 Å². The molecule has 1 aromatic heterocycles. The van der Waals surface area contributed by atoms with Gasteiger partial charge in [0.1, 0.15) is 5.01 Å². The molecule has 2 rings (SSSR count). The molecule has 0 bridgehead atoms. The molecule has 0 aliphatic carbocycles. The molecule has 0 saturated carbocycles. The van der Waals surface area contributed by atoms with E-state index in [1.165, 1.54) is 11.3 Å². The van der Waals surface area contributed by atoms with E-state index < -0.39 is 0 Å². The molecule has 4 nitrogen and oxygen atoms in total. The van der Waals surface area contributed by atoms with Crippen molar-refractivity contribution in [2.24, 2.45) is 5.92 Å². The summed E-state index contributed by atoms with van der Waals surface area (Å²) in [6.07, 6.45) is 1.72. The smallest absolute Gasteiger partial charge is 0.223 e. The first-order chi connectivity index (χ1) is 7.19. The number of aromatic nitrogens is 2. The number of rotatable bonds is 3. The van der Waals surface area contributed by atoms with Gasteiger partial charge in [-0.25, -0.2) is 0 Å². The van der Waals surface area contributed by atoms with E-state index >= 15 is 0 Å². The lowest BCUT2D eigenvalue weighted by atomic mass is 10.1. The van der Waals surface area contributed by atoms with Gasteiger partial charge in [0, 0.05) is 13.0 Å². The van der Waals surface area contributed by atoms with E-state index in [0.717, 1.165) is 18.0 Å². The third kappa shape index (κ3) is 2.46. The van der Waals surface area contributed by atoms with Gasteiger partial charge in [0.05, 0.1) is 6.54 Å². The molecule has 6 heteroatoms. The Balaban J connectivity index is 1.98. The van der Waals surface area contributed by atoms with Crippen LogP contribution in [0.1, 0.15) is 24.8 Å². The highest BCUT2D eigenvalue weighted by atomic mass is 35.5. The van der Waals surface area contributed by atoms with E-state index in [9.17, 15) is 4.79 Å². The Morgan fingerprint density at radius 2 is 2.40 bits per heavy atom. The predicted octanol–water partition coefficient (Wildman–Crippen LogP) is 1.95. The van der Waals surface area contributed by atoms with Crippen molar-refractivity contribution in [3.8, 4) is 0 Å². The second-order valence-electron chi connectivity index (χ2n) is 3.70. The van der Waals surface area contributed by atoms with Gasteiger partial charge < -0.3 is 4.90 Å². The summed E-state index contributed by atoms with van der Waals surface area (Å²) in [6, 6.07) is 0. The fraction of sp³-hybridized carbons (Fsp3) is 0.667. The van der Waals surface area contributed by atoms with Crippen LogP contribution in [0, 0.1) is 5.92 Å². The van der Waals surface area contributed by atoms with Crippen LogP contribution in [0.5, 0.6) is 0 Å². The fourth-order valence-corrected chi connectivity index (χ4v) is 2.62. The molecular formula is C9H12ClN3OS. The molecule has 1 fully saturated rings. The minimum absolute atomic E-state index is 0.216. The zero-order valence-electron chi connectivity index (χ0n) is 8.44. The summed E-state index contributed by atoms with van der Waals surface area (Å²) in [6.45, 7) is 3.51. The first-order valence-electron chi connectivity index (χ1n) is 4.94. The number of nitrogens with zero attached hydrogens (tertiary/aromatic N) is 3. The summed E-state index contributed by atoms with van der Waals surface area (Å²) in [7, 11) is 0. The van der Waals surface area contributed by atoms with E-state index in [4.69, 9.17) is 11.6 Å². The van der Waals surface area contributed by atoms with Crippen molar-refractivity contribution in [3.63, 3.8) is 0 Å². The van der Waals surface area contributed by atoms with E-state index in [1.54, 1.807) is 0 Å². The maximum atomic E-state index is 11.6. The quantitative estimate of drug-likeness (QED) is 0.818. The zero-order chi connectivity index (χ0) is 10.8. The normalized spacial score (nSPS) is 21.3. The zero-order valence-corrected chi connectivity index (χ0v) is 10.0. The van der Waals surface area contributed by atoms with Gasteiger partial charge in [0.25, 0.3) is 0 Å². The van der Waals surface area contributed by atoms with Crippen LogP contribution in [0.4, 0.5) is 0 Å². The summed E-state index contributed by atoms with van der Waals surface area (Å²) in [5.74, 6) is 0.717. The van der Waals surface area contributed by atoms with Crippen LogP contribution in [0.15, 0.2) is 0 Å². The SMILES string of the molecule is CCC1CC(=O)N(Cc2nnc(Cl)s2)C1. The van der Waals surface area contributed by atoms with Crippen LogP contribution in [0.25, 0.3) is 0 Å². The van der Waals surface area contributed by atoms with E-state index in [-0.39, 0.29) is 5.91 Å². The maximum Gasteiger partial charge on any atom is 0.223 e. The lowest BCUT2D eigenvalue weighted by Crippen LogP contribution is -2.24. The van der Waals surface area contributed by atoms with Gasteiger partial charge in [-0.3, -0.25) is 4.79 Å². The van der Waals surface area contributed by atoms with Crippen molar-refractivity contribution in [3.05, 3.63) is 9.47 Å². The number of hydrogen-bond acceptors (Lipinski definition) is 4. The average Bonchev–Trinajstić information content (AvgIpc) is 2.75. The van der Waals surface area contributed by atoms with Gasteiger partial charge in [-0.2, -0.15) is 0 Å². The lowest BCUT2D eigenvalue weighted by Gasteiger charge is -2.13. The van der Waals surface area contributed by atoms with Crippen LogP contribution in [-0.4, -0.2) is 27.5 Å². The summed E-state index contributed by atoms with van der Waals surface area (Å²) >= 11 is 7.01. The molecule has 0 spiro atoms. The summed E-state index contributed by atoms with van der Waals surface area (Å²) in [5, 5.41) is 8.44. The molecule has 15 heavy (non-hydrogen) atoms. The molecular weight excluding hydrogens is 234 g/mol. The van der Waals surface area contributed by atoms with E-state index in [1.807, 2.05) is 4.90 Å². The molecule has 1 aromatic rings. The van der Waals surface area contributed by atoms with Crippen LogP contribution in [0.2, 0.25) is 4.47 Å². The topological polar surface area (TPSA) is 46.1 Å². The molecule has 1 saturated heterocycles. The third-order valence-corrected chi connectivity index (χ3v) is 3.64. The highest BCUT2D eigenvalue weighted by molar-refractivity contribution is 7.15. The van der Waals surface area contributed by atoms with Gasteiger partial charge in [-0.05, 0) is 17.5 Å². The Morgan fingerprint density at radius 3 is 2.93 bits per heavy atom. The molecule has 1 aliphatic heterocycles. The molecule has 2 heterocycles. The largest absolute Gasteiger partial charge is 0.336 e. The van der Waals surface area contributed by atoms with Crippen molar-refractivity contribution in [1.82, 2.24) is 15.1 Å². The van der Waals surface area contributed by atoms with Crippen molar-refractivity contribution in [2.75, 3.05) is 6.54 Å². The minimum atomic E-state index is 0.216. The highest BCUT2D eigenvalue weighted by Gasteiger charge is 2.28. The van der Waals surface area contributed by atoms with Gasteiger partial charge in [-0.1, -0.05) is 24.7 Å². The van der Waals surface area contributed by atoms with Crippen molar-refractivity contribution < 1.29 is 4.79 Å². The Labute approximate surface area is 97.3 Å². The molecule has 0 radical (unpaired) electrons. The van der Waals surface area contributed by atoms with Crippen molar-refractivity contribution in [1.29, 1.82) is 0 Å². The van der Waals surface area contributed by atoms with Gasteiger partial charge >= 0.3 is 0 Å². The summed E-state index contributed by atoms with van der Waals surface area (Å²) in [5.41, 5.74) is 0. The van der Waals surface area contributed by atoms with Crippen LogP contribution >= 0.6 is 22.9 Å². The molecule has 1 amide bonds. The number of carbonyl (C=O) groups is 1. The molecule has 0 aromatic carbocycles. The molecule has 1 aliphatic rings. The van der Waals surface area contributed by atoms with E-state index in [2.05, 4.69) is 17.1 Å². The summed E-state index contributed by atoms with van der Waals surface area (Å²) in [4.78, 5) is 13.4. The highest BCUT2D eigenvalue weighted by Crippen LogP contribution is 2.24. The second kappa shape index (κ2) is 4.45. The van der Waals surface area contributed by atoms with Crippen LogP contribution in [0.3, 0.4) is 0 Å².